The van der Waals surface area contributed by atoms with E-state index in [2.05, 4.69) is 51.2 Å². The van der Waals surface area contributed by atoms with E-state index in [-0.39, 0.29) is 0 Å². The molecule has 2 aliphatic rings. The molecule has 3 rings (SSSR count). The molecule has 1 aromatic rings. The van der Waals surface area contributed by atoms with Crippen LogP contribution in [0.2, 0.25) is 0 Å². The Labute approximate surface area is 128 Å². The Morgan fingerprint density at radius 2 is 2.05 bits per heavy atom. The lowest BCUT2D eigenvalue weighted by Crippen LogP contribution is -2.35. The molecule has 3 nitrogen and oxygen atoms in total. The maximum atomic E-state index is 6.06. The van der Waals surface area contributed by atoms with Gasteiger partial charge < -0.3 is 14.8 Å². The molecule has 1 fully saturated rings. The lowest BCUT2D eigenvalue weighted by Gasteiger charge is -2.30. The van der Waals surface area contributed by atoms with Crippen molar-refractivity contribution in [3.05, 3.63) is 29.3 Å². The first-order valence-corrected chi connectivity index (χ1v) is 8.26. The second kappa shape index (κ2) is 5.98. The largest absolute Gasteiger partial charge is 0.493 e. The summed E-state index contributed by atoms with van der Waals surface area (Å²) in [6.07, 6.45) is 1.66. The van der Waals surface area contributed by atoms with Gasteiger partial charge in [-0.3, -0.25) is 0 Å². The summed E-state index contributed by atoms with van der Waals surface area (Å²) in [4.78, 5) is 0. The third-order valence-corrected chi connectivity index (χ3v) is 5.20. The van der Waals surface area contributed by atoms with E-state index in [1.54, 1.807) is 0 Å². The predicted octanol–water partition coefficient (Wildman–Crippen LogP) is 3.33. The summed E-state index contributed by atoms with van der Waals surface area (Å²) in [6.45, 7) is 10.7. The molecular weight excluding hydrogens is 262 g/mol. The maximum Gasteiger partial charge on any atom is 0.122 e. The van der Waals surface area contributed by atoms with E-state index in [1.165, 1.54) is 11.1 Å². The van der Waals surface area contributed by atoms with Gasteiger partial charge in [-0.1, -0.05) is 26.0 Å². The fraction of sp³-hybridized carbons (Fsp3) is 0.667. The van der Waals surface area contributed by atoms with Crippen molar-refractivity contribution in [2.24, 2.45) is 11.8 Å². The Kier molecular flexibility index (Phi) is 4.23. The molecule has 5 atom stereocenters. The zero-order chi connectivity index (χ0) is 15.0. The van der Waals surface area contributed by atoms with E-state index >= 15 is 0 Å². The van der Waals surface area contributed by atoms with Gasteiger partial charge in [0.15, 0.2) is 0 Å². The van der Waals surface area contributed by atoms with Crippen LogP contribution in [0.3, 0.4) is 0 Å². The predicted molar refractivity (Wildman–Crippen MR) is 84.7 cm³/mol. The molecule has 21 heavy (non-hydrogen) atoms. The van der Waals surface area contributed by atoms with Gasteiger partial charge in [-0.15, -0.1) is 0 Å². The molecule has 2 heterocycles. The molecule has 116 valence electrons. The molecule has 0 aliphatic carbocycles. The first-order chi connectivity index (χ1) is 10.1. The normalized spacial score (nSPS) is 32.8. The monoisotopic (exact) mass is 289 g/mol. The number of benzene rings is 1. The van der Waals surface area contributed by atoms with Crippen LogP contribution in [0.25, 0.3) is 0 Å². The third-order valence-electron chi connectivity index (χ3n) is 5.20. The molecule has 3 heteroatoms. The number of rotatable bonds is 4. The quantitative estimate of drug-likeness (QED) is 0.922. The molecule has 1 saturated heterocycles. The Hall–Kier alpha value is -1.06. The second-order valence-electron chi connectivity index (χ2n) is 6.48. The summed E-state index contributed by atoms with van der Waals surface area (Å²) >= 11 is 0. The minimum atomic E-state index is 0.295. The van der Waals surface area contributed by atoms with Crippen LogP contribution in [0.5, 0.6) is 5.75 Å². The van der Waals surface area contributed by atoms with Crippen LogP contribution in [-0.4, -0.2) is 25.4 Å². The minimum Gasteiger partial charge on any atom is -0.493 e. The van der Waals surface area contributed by atoms with Crippen molar-refractivity contribution in [2.45, 2.75) is 52.4 Å². The fourth-order valence-corrected chi connectivity index (χ4v) is 3.96. The molecule has 1 aromatic carbocycles. The summed E-state index contributed by atoms with van der Waals surface area (Å²) in [5.74, 6) is 2.14. The van der Waals surface area contributed by atoms with Crippen LogP contribution >= 0.6 is 0 Å². The number of hydrogen-bond donors (Lipinski definition) is 1. The second-order valence-corrected chi connectivity index (χ2v) is 6.48. The van der Waals surface area contributed by atoms with Crippen molar-refractivity contribution in [3.8, 4) is 5.75 Å². The Morgan fingerprint density at radius 1 is 1.24 bits per heavy atom. The minimum absolute atomic E-state index is 0.295. The average molecular weight is 289 g/mol. The van der Waals surface area contributed by atoms with E-state index in [4.69, 9.17) is 9.47 Å². The average Bonchev–Trinajstić information content (AvgIpc) is 3.02. The van der Waals surface area contributed by atoms with Gasteiger partial charge in [0.05, 0.1) is 18.8 Å². The molecule has 0 aromatic heterocycles. The SMILES string of the molecule is CCNC(c1ccc2c(c1)CCO2)C1C(C)OC(C)C1C. The zero-order valence-electron chi connectivity index (χ0n) is 13.6. The Morgan fingerprint density at radius 3 is 2.71 bits per heavy atom. The van der Waals surface area contributed by atoms with Crippen molar-refractivity contribution in [2.75, 3.05) is 13.2 Å². The highest BCUT2D eigenvalue weighted by Gasteiger charge is 2.42. The number of nitrogens with one attached hydrogen (secondary N) is 1. The van der Waals surface area contributed by atoms with Crippen LogP contribution in [0.4, 0.5) is 0 Å². The molecular formula is C18H27NO2. The van der Waals surface area contributed by atoms with E-state index in [1.807, 2.05) is 0 Å². The van der Waals surface area contributed by atoms with Gasteiger partial charge in [-0.2, -0.15) is 0 Å². The molecule has 0 spiro atoms. The molecule has 2 aliphatic heterocycles. The summed E-state index contributed by atoms with van der Waals surface area (Å²) in [7, 11) is 0. The van der Waals surface area contributed by atoms with Gasteiger partial charge in [-0.25, -0.2) is 0 Å². The van der Waals surface area contributed by atoms with Gasteiger partial charge in [0.2, 0.25) is 0 Å². The van der Waals surface area contributed by atoms with Crippen LogP contribution in [0, 0.1) is 11.8 Å². The Balaban J connectivity index is 1.91. The van der Waals surface area contributed by atoms with Crippen LogP contribution in [-0.2, 0) is 11.2 Å². The molecule has 0 radical (unpaired) electrons. The van der Waals surface area contributed by atoms with Gasteiger partial charge in [-0.05, 0) is 43.5 Å². The van der Waals surface area contributed by atoms with Crippen LogP contribution in [0.1, 0.15) is 44.9 Å². The number of ether oxygens (including phenoxy) is 2. The van der Waals surface area contributed by atoms with Crippen molar-refractivity contribution in [3.63, 3.8) is 0 Å². The number of hydrogen-bond acceptors (Lipinski definition) is 3. The van der Waals surface area contributed by atoms with E-state index < -0.39 is 0 Å². The van der Waals surface area contributed by atoms with Gasteiger partial charge in [0.1, 0.15) is 5.75 Å². The van der Waals surface area contributed by atoms with E-state index in [0.717, 1.165) is 25.3 Å². The summed E-state index contributed by atoms with van der Waals surface area (Å²) in [5.41, 5.74) is 2.73. The van der Waals surface area contributed by atoms with E-state index in [9.17, 15) is 0 Å². The van der Waals surface area contributed by atoms with Crippen molar-refractivity contribution in [1.29, 1.82) is 0 Å². The summed E-state index contributed by atoms with van der Waals surface area (Å²) in [5, 5.41) is 3.69. The zero-order valence-corrected chi connectivity index (χ0v) is 13.6. The highest BCUT2D eigenvalue weighted by Crippen LogP contribution is 2.41. The maximum absolute atomic E-state index is 6.06. The van der Waals surface area contributed by atoms with Crippen molar-refractivity contribution < 1.29 is 9.47 Å². The van der Waals surface area contributed by atoms with Crippen LogP contribution < -0.4 is 10.1 Å². The van der Waals surface area contributed by atoms with Crippen LogP contribution in [0.15, 0.2) is 18.2 Å². The lowest BCUT2D eigenvalue weighted by molar-refractivity contribution is 0.0475. The summed E-state index contributed by atoms with van der Waals surface area (Å²) in [6, 6.07) is 7.05. The third kappa shape index (κ3) is 2.69. The highest BCUT2D eigenvalue weighted by atomic mass is 16.5. The molecule has 5 unspecified atom stereocenters. The van der Waals surface area contributed by atoms with Gasteiger partial charge >= 0.3 is 0 Å². The lowest BCUT2D eigenvalue weighted by atomic mass is 9.80. The molecule has 0 bridgehead atoms. The van der Waals surface area contributed by atoms with Gasteiger partial charge in [0.25, 0.3) is 0 Å². The molecule has 0 amide bonds. The van der Waals surface area contributed by atoms with Gasteiger partial charge in [0, 0.05) is 18.4 Å². The first kappa shape index (κ1) is 14.9. The molecule has 0 saturated carbocycles. The smallest absolute Gasteiger partial charge is 0.122 e. The van der Waals surface area contributed by atoms with Crippen molar-refractivity contribution >= 4 is 0 Å². The first-order valence-electron chi connectivity index (χ1n) is 8.26. The molecule has 1 N–H and O–H groups in total. The standard InChI is InChI=1S/C18H27NO2/c1-5-19-18(17-11(2)12(3)21-13(17)4)15-6-7-16-14(10-15)8-9-20-16/h6-7,10-13,17-19H,5,8-9H2,1-4H3. The fourth-order valence-electron chi connectivity index (χ4n) is 3.96. The van der Waals surface area contributed by atoms with Crippen molar-refractivity contribution in [1.82, 2.24) is 5.32 Å². The topological polar surface area (TPSA) is 30.5 Å². The summed E-state index contributed by atoms with van der Waals surface area (Å²) < 4.78 is 11.7. The number of fused-ring (bicyclic) bond motifs is 1. The van der Waals surface area contributed by atoms with E-state index in [0.29, 0.717) is 30.1 Å². The Bertz CT molecular complexity index is 502. The highest BCUT2D eigenvalue weighted by molar-refractivity contribution is 5.41.